The maximum absolute atomic E-state index is 5.50. The summed E-state index contributed by atoms with van der Waals surface area (Å²) in [4.78, 5) is 4.58. The van der Waals surface area contributed by atoms with E-state index in [1.165, 1.54) is 10.8 Å². The van der Waals surface area contributed by atoms with Crippen LogP contribution >= 0.6 is 35.7 Å². The van der Waals surface area contributed by atoms with Crippen LogP contribution in [0.5, 0.6) is 0 Å². The number of thioether (sulfide) groups is 1. The fraction of sp³-hybridized carbons (Fsp3) is 0.235. The van der Waals surface area contributed by atoms with Gasteiger partial charge in [0.2, 0.25) is 0 Å². The number of rotatable bonds is 2. The highest BCUT2D eigenvalue weighted by Crippen LogP contribution is 2.24. The fourth-order valence-electron chi connectivity index (χ4n) is 1.86. The number of anilines is 1. The molecule has 2 nitrogen and oxygen atoms in total. The van der Waals surface area contributed by atoms with E-state index in [4.69, 9.17) is 6.42 Å². The Hall–Kier alpha value is -1.19. The van der Waals surface area contributed by atoms with Crippen molar-refractivity contribution in [3.8, 4) is 12.3 Å². The summed E-state index contributed by atoms with van der Waals surface area (Å²) < 4.78 is 0. The van der Waals surface area contributed by atoms with Crippen molar-refractivity contribution >= 4 is 57.4 Å². The summed E-state index contributed by atoms with van der Waals surface area (Å²) in [5, 5.41) is 6.58. The van der Waals surface area contributed by atoms with Gasteiger partial charge in [-0.15, -0.1) is 30.4 Å². The second-order valence-electron chi connectivity index (χ2n) is 4.98. The smallest absolute Gasteiger partial charge is 0.162 e. The first-order valence-corrected chi connectivity index (χ1v) is 7.64. The van der Waals surface area contributed by atoms with E-state index >= 15 is 0 Å². The van der Waals surface area contributed by atoms with Crippen LogP contribution < -0.4 is 5.32 Å². The van der Waals surface area contributed by atoms with Crippen LogP contribution in [0.25, 0.3) is 10.8 Å². The Morgan fingerprint density at radius 1 is 1.19 bits per heavy atom. The molecule has 2 aromatic rings. The molecule has 0 atom stereocenters. The zero-order valence-electron chi connectivity index (χ0n) is 12.4. The molecule has 0 heterocycles. The van der Waals surface area contributed by atoms with Gasteiger partial charge >= 0.3 is 0 Å². The maximum Gasteiger partial charge on any atom is 0.162 e. The Balaban J connectivity index is 0.00000220. The van der Waals surface area contributed by atoms with Crippen molar-refractivity contribution in [2.75, 3.05) is 11.6 Å². The van der Waals surface area contributed by atoms with Gasteiger partial charge in [0.25, 0.3) is 0 Å². The van der Waals surface area contributed by atoms with Gasteiger partial charge in [0.05, 0.1) is 0 Å². The molecule has 0 saturated heterocycles. The molecule has 0 fully saturated rings. The Bertz CT molecular complexity index is 681. The number of halogens is 1. The quantitative estimate of drug-likeness (QED) is 0.326. The molecule has 0 aromatic heterocycles. The largest absolute Gasteiger partial charge is 0.334 e. The Kier molecular flexibility index (Phi) is 6.56. The molecule has 0 saturated carbocycles. The molecule has 4 heteroatoms. The van der Waals surface area contributed by atoms with Gasteiger partial charge in [0.1, 0.15) is 5.54 Å². The lowest BCUT2D eigenvalue weighted by Crippen LogP contribution is -2.19. The zero-order valence-corrected chi connectivity index (χ0v) is 15.5. The number of hydrogen-bond acceptors (Lipinski definition) is 2. The molecule has 21 heavy (non-hydrogen) atoms. The minimum atomic E-state index is -0.504. The number of terminal acetylenes is 1. The minimum Gasteiger partial charge on any atom is -0.334 e. The maximum atomic E-state index is 5.50. The summed E-state index contributed by atoms with van der Waals surface area (Å²) in [5.41, 5.74) is 0.541. The van der Waals surface area contributed by atoms with Gasteiger partial charge in [0, 0.05) is 11.1 Å². The lowest BCUT2D eigenvalue weighted by atomic mass is 10.1. The van der Waals surface area contributed by atoms with Crippen molar-refractivity contribution in [2.45, 2.75) is 19.4 Å². The van der Waals surface area contributed by atoms with Gasteiger partial charge in [-0.05, 0) is 31.6 Å². The first kappa shape index (κ1) is 17.9. The first-order chi connectivity index (χ1) is 9.55. The highest BCUT2D eigenvalue weighted by Gasteiger charge is 2.13. The number of fused-ring (bicyclic) bond motifs is 1. The topological polar surface area (TPSA) is 24.4 Å². The van der Waals surface area contributed by atoms with Crippen LogP contribution in [0.4, 0.5) is 5.69 Å². The molecule has 110 valence electrons. The molecule has 0 aliphatic heterocycles. The number of nitrogens with one attached hydrogen (secondary N) is 1. The lowest BCUT2D eigenvalue weighted by molar-refractivity contribution is 0.687. The van der Waals surface area contributed by atoms with Gasteiger partial charge in [-0.3, -0.25) is 0 Å². The van der Waals surface area contributed by atoms with Crippen molar-refractivity contribution in [3.05, 3.63) is 42.5 Å². The van der Waals surface area contributed by atoms with Gasteiger partial charge in [0.15, 0.2) is 5.17 Å². The lowest BCUT2D eigenvalue weighted by Gasteiger charge is -2.16. The summed E-state index contributed by atoms with van der Waals surface area (Å²) in [5.74, 6) is 2.69. The van der Waals surface area contributed by atoms with Crippen LogP contribution in [0.3, 0.4) is 0 Å². The summed E-state index contributed by atoms with van der Waals surface area (Å²) in [6.45, 7) is 3.85. The molecule has 0 aliphatic carbocycles. The molecule has 0 radical (unpaired) electrons. The standard InChI is InChI=1S/C17H18N2S.HI/c1-5-17(2,3)19-16(20-4)18-15-12-8-10-13-9-6-7-11-14(13)15;/h1,6-12H,2-4H3,(H,18,19);1H. The minimum absolute atomic E-state index is 0. The van der Waals surface area contributed by atoms with E-state index in [1.807, 2.05) is 38.3 Å². The van der Waals surface area contributed by atoms with Crippen molar-refractivity contribution in [1.82, 2.24) is 0 Å². The van der Waals surface area contributed by atoms with Crippen molar-refractivity contribution in [2.24, 2.45) is 4.99 Å². The predicted molar refractivity (Wildman–Crippen MR) is 107 cm³/mol. The summed E-state index contributed by atoms with van der Waals surface area (Å²) in [7, 11) is 0. The third kappa shape index (κ3) is 4.65. The summed E-state index contributed by atoms with van der Waals surface area (Å²) in [6, 6.07) is 14.5. The Morgan fingerprint density at radius 2 is 1.86 bits per heavy atom. The van der Waals surface area contributed by atoms with Crippen molar-refractivity contribution in [3.63, 3.8) is 0 Å². The van der Waals surface area contributed by atoms with Crippen LogP contribution in [-0.4, -0.2) is 17.0 Å². The third-order valence-electron chi connectivity index (χ3n) is 2.96. The molecular formula is C17H19IN2S. The van der Waals surface area contributed by atoms with Crippen molar-refractivity contribution in [1.29, 1.82) is 0 Å². The second-order valence-corrected chi connectivity index (χ2v) is 5.77. The molecule has 0 bridgehead atoms. The van der Waals surface area contributed by atoms with Crippen LogP contribution in [0.15, 0.2) is 47.5 Å². The molecule has 0 aliphatic rings. The molecule has 1 N–H and O–H groups in total. The zero-order chi connectivity index (χ0) is 14.6. The molecule has 2 rings (SSSR count). The van der Waals surface area contributed by atoms with E-state index in [0.717, 1.165) is 10.9 Å². The SMILES string of the molecule is C#CC(C)(C)N=C(Nc1cccc2ccccc12)SC.I. The van der Waals surface area contributed by atoms with E-state index in [1.54, 1.807) is 11.8 Å². The number of benzene rings is 2. The summed E-state index contributed by atoms with van der Waals surface area (Å²) >= 11 is 1.56. The molecule has 0 amide bonds. The van der Waals surface area contributed by atoms with Crippen molar-refractivity contribution < 1.29 is 0 Å². The van der Waals surface area contributed by atoms with Gasteiger partial charge < -0.3 is 5.32 Å². The predicted octanol–water partition coefficient (Wildman–Crippen LogP) is 5.00. The van der Waals surface area contributed by atoms with E-state index in [0.29, 0.717) is 0 Å². The Morgan fingerprint density at radius 3 is 2.52 bits per heavy atom. The summed E-state index contributed by atoms with van der Waals surface area (Å²) in [6.07, 6.45) is 7.49. The van der Waals surface area contributed by atoms with Crippen LogP contribution in [0, 0.1) is 12.3 Å². The van der Waals surface area contributed by atoms with E-state index in [-0.39, 0.29) is 24.0 Å². The number of aliphatic imine (C=N–C) groups is 1. The monoisotopic (exact) mass is 410 g/mol. The van der Waals surface area contributed by atoms with E-state index in [2.05, 4.69) is 40.5 Å². The molecule has 0 unspecified atom stereocenters. The fourth-order valence-corrected chi connectivity index (χ4v) is 2.39. The highest BCUT2D eigenvalue weighted by molar-refractivity contribution is 14.0. The van der Waals surface area contributed by atoms with Gasteiger partial charge in [-0.1, -0.05) is 54.1 Å². The van der Waals surface area contributed by atoms with E-state index in [9.17, 15) is 0 Å². The third-order valence-corrected chi connectivity index (χ3v) is 3.54. The number of amidine groups is 1. The van der Waals surface area contributed by atoms with Crippen LogP contribution in [0.1, 0.15) is 13.8 Å². The second kappa shape index (κ2) is 7.71. The molecule has 2 aromatic carbocycles. The highest BCUT2D eigenvalue weighted by atomic mass is 127. The Labute approximate surface area is 147 Å². The van der Waals surface area contributed by atoms with E-state index < -0.39 is 5.54 Å². The van der Waals surface area contributed by atoms with Gasteiger partial charge in [-0.25, -0.2) is 4.99 Å². The van der Waals surface area contributed by atoms with Crippen LogP contribution in [-0.2, 0) is 0 Å². The molecule has 0 spiro atoms. The average molecular weight is 410 g/mol. The van der Waals surface area contributed by atoms with Gasteiger partial charge in [-0.2, -0.15) is 0 Å². The number of hydrogen-bond donors (Lipinski definition) is 1. The normalized spacial score (nSPS) is 11.6. The van der Waals surface area contributed by atoms with Crippen LogP contribution in [0.2, 0.25) is 0 Å². The average Bonchev–Trinajstić information content (AvgIpc) is 2.46. The molecular weight excluding hydrogens is 391 g/mol. The number of nitrogens with zero attached hydrogens (tertiary/aromatic N) is 1. The first-order valence-electron chi connectivity index (χ1n) is 6.42.